The molecule has 0 bridgehead atoms. The quantitative estimate of drug-likeness (QED) is 0.139. The number of aromatic nitrogens is 11. The van der Waals surface area contributed by atoms with Gasteiger partial charge >= 0.3 is 0 Å². The molecule has 0 atom stereocenters. The Labute approximate surface area is 782 Å². The van der Waals surface area contributed by atoms with E-state index in [1.54, 1.807) is 99.0 Å². The van der Waals surface area contributed by atoms with E-state index in [1.165, 1.54) is 50.3 Å². The molecule has 129 heavy (non-hydrogen) atoms. The summed E-state index contributed by atoms with van der Waals surface area (Å²) < 4.78 is 0. The first-order valence-electron chi connectivity index (χ1n) is 46.4. The number of nitrogens with zero attached hydrogens (tertiary/aromatic N) is 18. The van der Waals surface area contributed by atoms with Gasteiger partial charge in [-0.25, -0.2) is 9.97 Å². The van der Waals surface area contributed by atoms with E-state index in [9.17, 15) is 0 Å². The number of benzene rings is 6. The normalized spacial score (nSPS) is 10.1. The predicted octanol–water partition coefficient (Wildman–Crippen LogP) is 33.2. The molecule has 20 rings (SSSR count). The van der Waals surface area contributed by atoms with Crippen LogP contribution in [0.3, 0.4) is 0 Å². The average Bonchev–Trinajstić information content (AvgIpc) is 1.75. The van der Waals surface area contributed by atoms with E-state index in [-0.39, 0.29) is 0 Å². The molecule has 2 aliphatic carbocycles. The zero-order chi connectivity index (χ0) is 97.9. The summed E-state index contributed by atoms with van der Waals surface area (Å²) in [5, 5.41) is 25.6. The zero-order valence-corrected chi connectivity index (χ0v) is 84.0. The van der Waals surface area contributed by atoms with Crippen molar-refractivity contribution in [3.8, 4) is 0 Å². The van der Waals surface area contributed by atoms with E-state index in [0.717, 1.165) is 67.7 Å². The van der Waals surface area contributed by atoms with E-state index in [2.05, 4.69) is 194 Å². The van der Waals surface area contributed by atoms with E-state index in [4.69, 9.17) is 0 Å². The number of azo groups is 2. The van der Waals surface area contributed by atoms with Gasteiger partial charge in [-0.3, -0.25) is 49.9 Å². The third-order valence-electron chi connectivity index (χ3n) is 13.3. The number of hydrogen-bond donors (Lipinski definition) is 0. The van der Waals surface area contributed by atoms with Crippen LogP contribution in [0.4, 0.5) is 5.69 Å². The highest BCUT2D eigenvalue weighted by atomic mass is 15.1. The molecule has 0 radical (unpaired) electrons. The Kier molecular flexibility index (Phi) is 121. The highest BCUT2D eigenvalue weighted by molar-refractivity contribution is 5.84. The van der Waals surface area contributed by atoms with Crippen molar-refractivity contribution >= 4 is 63.1 Å². The summed E-state index contributed by atoms with van der Waals surface area (Å²) in [6.07, 6.45) is 60.1. The van der Waals surface area contributed by atoms with Gasteiger partial charge in [0.05, 0.1) is 48.4 Å². The Morgan fingerprint density at radius 1 is 0.271 bits per heavy atom. The molecule has 12 heterocycles. The number of pyridine rings is 3. The molecule has 0 spiro atoms. The smallest absolute Gasteiger partial charge is 0.115 e. The molecule has 18 nitrogen and oxygen atoms in total. The van der Waals surface area contributed by atoms with E-state index >= 15 is 0 Å². The van der Waals surface area contributed by atoms with Crippen LogP contribution in [0.1, 0.15) is 235 Å². The van der Waals surface area contributed by atoms with Crippen LogP contribution in [0.2, 0.25) is 0 Å². The van der Waals surface area contributed by atoms with Crippen LogP contribution in [0.5, 0.6) is 0 Å². The lowest BCUT2D eigenvalue weighted by Crippen LogP contribution is -1.79. The minimum absolute atomic E-state index is 0.760. The van der Waals surface area contributed by atoms with Gasteiger partial charge < -0.3 is 0 Å². The van der Waals surface area contributed by atoms with E-state index in [0.29, 0.717) is 0 Å². The summed E-state index contributed by atoms with van der Waals surface area (Å²) in [4.78, 5) is 46.8. The van der Waals surface area contributed by atoms with Crippen molar-refractivity contribution in [1.82, 2.24) is 55.1 Å². The fourth-order valence-electron chi connectivity index (χ4n) is 8.43. The summed E-state index contributed by atoms with van der Waals surface area (Å²) in [7, 11) is 0. The fraction of sp³-hybridized carbons (Fsp3) is 0.315. The van der Waals surface area contributed by atoms with Crippen LogP contribution in [-0.4, -0.2) is 86.8 Å². The van der Waals surface area contributed by atoms with Crippen molar-refractivity contribution in [2.45, 2.75) is 226 Å². The summed E-state index contributed by atoms with van der Waals surface area (Å²) in [6.45, 7) is 59.3. The standard InChI is InChI=1S/2C9H7N.C9H8.C8H6N2.C8H7N.C7H6N2.C5H5N.C5H6.3C4H4N2.2C4H5N.C3H4N2.14C2H6/c1-2-6-9-8(4-1)5-3-7-10-9;1-2-4-9-7-10-6-5-8(9)3-1;1-2-5-9-7-3-6-8(9)4-1;1-2-4-8-7(3-1)9-5-6-10-8;1-2-4-8-6-9-5-7(8)3-1;1-2-4-7-6(3-1)5-8-9-7;1-2-4-6-5-3-1;1-2-4-5-3-1;1-2-6-4-3-5-1;1-2-5-4-6-3-1;1-2-4-6-5-3-1;3*1-2-4-5-3-1;14*1-2/h2*1-7H;1-6H,7H2;1-6H;1-5H,6H2;1-4H,5H2;1-5H;1-4H,5H2;3*1-4H;1,3-4H,2H2;1-3H,4H2;1-2H,3H2;14*1-2H3. The molecular formula is C111H162N18. The first kappa shape index (κ1) is 131. The summed E-state index contributed by atoms with van der Waals surface area (Å²) in [6, 6.07) is 66.0. The summed E-state index contributed by atoms with van der Waals surface area (Å²) in [5.74, 6) is 0. The van der Waals surface area contributed by atoms with Gasteiger partial charge in [-0.15, -0.1) is 0 Å². The topological polar surface area (TPSA) is 228 Å². The van der Waals surface area contributed by atoms with Crippen LogP contribution in [0, 0.1) is 0 Å². The monoisotopic (exact) mass is 1750 g/mol. The van der Waals surface area contributed by atoms with Crippen molar-refractivity contribution in [2.24, 2.45) is 35.4 Å². The second-order valence-electron chi connectivity index (χ2n) is 20.5. The molecule has 7 aromatic heterocycles. The van der Waals surface area contributed by atoms with Gasteiger partial charge in [0.15, 0.2) is 0 Å². The van der Waals surface area contributed by atoms with Crippen molar-refractivity contribution in [2.75, 3.05) is 13.1 Å². The largest absolute Gasteiger partial charge is 0.289 e. The van der Waals surface area contributed by atoms with Crippen LogP contribution in [-0.2, 0) is 19.5 Å². The van der Waals surface area contributed by atoms with Gasteiger partial charge in [-0.1, -0.05) is 376 Å². The molecule has 0 fully saturated rings. The van der Waals surface area contributed by atoms with Gasteiger partial charge in [0, 0.05) is 141 Å². The second kappa shape index (κ2) is 119. The molecule has 18 heteroatoms. The number of allylic oxidation sites excluding steroid dienone is 7. The van der Waals surface area contributed by atoms with E-state index < -0.39 is 0 Å². The van der Waals surface area contributed by atoms with Crippen molar-refractivity contribution in [3.63, 3.8) is 0 Å². The third kappa shape index (κ3) is 78.9. The first-order chi connectivity index (χ1) is 64.3. The minimum atomic E-state index is 0.760. The Morgan fingerprint density at radius 2 is 0.752 bits per heavy atom. The molecule has 0 saturated carbocycles. The number of hydrogen-bond acceptors (Lipinski definition) is 18. The molecule has 6 aromatic carbocycles. The number of fused-ring (bicyclic) bond motifs is 6. The molecule has 0 N–H and O–H groups in total. The van der Waals surface area contributed by atoms with Gasteiger partial charge in [0.1, 0.15) is 6.33 Å². The molecule has 0 unspecified atom stereocenters. The molecule has 5 aliphatic heterocycles. The van der Waals surface area contributed by atoms with Crippen molar-refractivity contribution in [3.05, 3.63) is 394 Å². The van der Waals surface area contributed by atoms with Crippen LogP contribution in [0.25, 0.3) is 38.8 Å². The third-order valence-corrected chi connectivity index (χ3v) is 13.3. The molecule has 696 valence electrons. The maximum atomic E-state index is 4.18. The molecule has 0 saturated heterocycles. The molecule has 13 aromatic rings. The summed E-state index contributed by atoms with van der Waals surface area (Å²) in [5.41, 5.74) is 10.7. The highest BCUT2D eigenvalue weighted by Crippen LogP contribution is 2.25. The fourth-order valence-corrected chi connectivity index (χ4v) is 8.43. The van der Waals surface area contributed by atoms with Crippen LogP contribution >= 0.6 is 0 Å². The van der Waals surface area contributed by atoms with Crippen LogP contribution < -0.4 is 0 Å². The first-order valence-corrected chi connectivity index (χ1v) is 46.4. The molecular weight excluding hydrogens is 1590 g/mol. The average molecular weight is 1750 g/mol. The van der Waals surface area contributed by atoms with Gasteiger partial charge in [0.2, 0.25) is 0 Å². The maximum Gasteiger partial charge on any atom is 0.115 e. The van der Waals surface area contributed by atoms with Gasteiger partial charge in [-0.2, -0.15) is 30.7 Å². The molecule has 7 aliphatic rings. The van der Waals surface area contributed by atoms with Crippen molar-refractivity contribution < 1.29 is 0 Å². The minimum Gasteiger partial charge on any atom is -0.289 e. The number of para-hydroxylation sites is 3. The predicted molar refractivity (Wildman–Crippen MR) is 570 cm³/mol. The molecule has 0 amide bonds. The van der Waals surface area contributed by atoms with E-state index in [1.807, 2.05) is 377 Å². The number of rotatable bonds is 0. The lowest BCUT2D eigenvalue weighted by Gasteiger charge is -1.93. The van der Waals surface area contributed by atoms with Crippen molar-refractivity contribution in [1.29, 1.82) is 0 Å². The maximum absolute atomic E-state index is 4.18. The van der Waals surface area contributed by atoms with Gasteiger partial charge in [0.25, 0.3) is 0 Å². The Hall–Kier alpha value is -13.5. The highest BCUT2D eigenvalue weighted by Gasteiger charge is 2.04. The number of aliphatic imine (C=N–C) groups is 3. The lowest BCUT2D eigenvalue weighted by molar-refractivity contribution is 1.03. The SMILES string of the molecule is C1=CCC=C1.C1=CCN=C1.C1=CN=CC1.C1=CN=NC1.C1=Cc2ccccc2C1.C1=NCc2ccccc21.CC.CC.CC.CC.CC.CC.CC.CC.CC.CC.CC.CC.CC.CC.c1ccc2c(c1)CN=N2.c1ccc2cnccc2c1.c1ccc2ncccc2c1.c1ccc2nccnc2c1.c1ccncc1.c1ccnnc1.c1cnccn1.c1cncnc1. The van der Waals surface area contributed by atoms with Crippen LogP contribution in [0.15, 0.2) is 402 Å². The second-order valence-corrected chi connectivity index (χ2v) is 20.5. The lowest BCUT2D eigenvalue weighted by atomic mass is 10.1. The zero-order valence-electron chi connectivity index (χ0n) is 84.0. The Bertz CT molecular complexity index is 3810. The van der Waals surface area contributed by atoms with Gasteiger partial charge in [-0.05, 0) is 125 Å². The Balaban J connectivity index is -0.000000200. The summed E-state index contributed by atoms with van der Waals surface area (Å²) >= 11 is 0. The Morgan fingerprint density at radius 3 is 1.13 bits per heavy atom.